The van der Waals surface area contributed by atoms with Gasteiger partial charge in [0.1, 0.15) is 6.54 Å². The fourth-order valence-corrected chi connectivity index (χ4v) is 2.88. The second-order valence-electron chi connectivity index (χ2n) is 7.33. The number of hydrogen-bond donors (Lipinski definition) is 2. The molecule has 0 spiro atoms. The molecule has 0 heterocycles. The van der Waals surface area contributed by atoms with Gasteiger partial charge in [-0.05, 0) is 51.4 Å². The molecule has 0 aliphatic heterocycles. The molecule has 1 amide bonds. The number of benzene rings is 1. The molecule has 166 valence electrons. The highest BCUT2D eigenvalue weighted by Crippen LogP contribution is 2.01. The van der Waals surface area contributed by atoms with Gasteiger partial charge in [0.25, 0.3) is 0 Å². The predicted octanol–water partition coefficient (Wildman–Crippen LogP) is 2.98. The first-order valence-electron chi connectivity index (χ1n) is 10.5. The largest absolute Gasteiger partial charge is 0.356 e. The van der Waals surface area contributed by atoms with Crippen molar-refractivity contribution in [1.29, 1.82) is 0 Å². The summed E-state index contributed by atoms with van der Waals surface area (Å²) in [7, 11) is 3.51. The molecule has 0 aliphatic rings. The van der Waals surface area contributed by atoms with Crippen molar-refractivity contribution < 1.29 is 4.79 Å². The van der Waals surface area contributed by atoms with Gasteiger partial charge in [0.05, 0.1) is 0 Å². The van der Waals surface area contributed by atoms with Crippen LogP contribution in [0.1, 0.15) is 39.2 Å². The molecule has 7 heteroatoms. The Bertz CT molecular complexity index is 576. The number of likely N-dealkylation sites (N-methyl/N-ethyl adjacent to an activating group) is 1. The van der Waals surface area contributed by atoms with Gasteiger partial charge in [-0.25, -0.2) is 4.99 Å². The Labute approximate surface area is 194 Å². The number of carbonyl (C=O) groups excluding carboxylic acids is 1. The summed E-state index contributed by atoms with van der Waals surface area (Å²) in [6.45, 7) is 10.8. The third-order valence-corrected chi connectivity index (χ3v) is 4.81. The second kappa shape index (κ2) is 16.4. The number of guanidine groups is 1. The Hall–Kier alpha value is -1.35. The Morgan fingerprint density at radius 2 is 1.79 bits per heavy atom. The zero-order valence-electron chi connectivity index (χ0n) is 18.8. The van der Waals surface area contributed by atoms with E-state index >= 15 is 0 Å². The summed E-state index contributed by atoms with van der Waals surface area (Å²) < 4.78 is 0. The van der Waals surface area contributed by atoms with Crippen molar-refractivity contribution in [2.24, 2.45) is 4.99 Å². The molecule has 6 nitrogen and oxygen atoms in total. The predicted molar refractivity (Wildman–Crippen MR) is 134 cm³/mol. The molecule has 0 radical (unpaired) electrons. The molecular weight excluding hydrogens is 477 g/mol. The maximum absolute atomic E-state index is 11.9. The molecule has 1 aromatic carbocycles. The van der Waals surface area contributed by atoms with Gasteiger partial charge < -0.3 is 20.4 Å². The average Bonchev–Trinajstić information content (AvgIpc) is 2.69. The molecular formula is C22H40IN5O. The van der Waals surface area contributed by atoms with Crippen LogP contribution in [0.3, 0.4) is 0 Å². The van der Waals surface area contributed by atoms with Crippen molar-refractivity contribution in [2.75, 3.05) is 46.8 Å². The molecule has 1 unspecified atom stereocenters. The Morgan fingerprint density at radius 1 is 1.14 bits per heavy atom. The number of nitrogens with zero attached hydrogens (tertiary/aromatic N) is 3. The average molecular weight is 518 g/mol. The molecule has 0 saturated heterocycles. The summed E-state index contributed by atoms with van der Waals surface area (Å²) in [6.07, 6.45) is 3.13. The molecule has 0 aromatic heterocycles. The van der Waals surface area contributed by atoms with Crippen LogP contribution in [0.25, 0.3) is 0 Å². The number of halogens is 1. The lowest BCUT2D eigenvalue weighted by Gasteiger charge is -2.21. The van der Waals surface area contributed by atoms with E-state index in [2.05, 4.69) is 65.6 Å². The van der Waals surface area contributed by atoms with Gasteiger partial charge in [0.15, 0.2) is 5.96 Å². The van der Waals surface area contributed by atoms with Crippen LogP contribution in [0, 0.1) is 0 Å². The van der Waals surface area contributed by atoms with E-state index in [-0.39, 0.29) is 36.4 Å². The van der Waals surface area contributed by atoms with Gasteiger partial charge in [-0.2, -0.15) is 0 Å². The zero-order valence-corrected chi connectivity index (χ0v) is 21.1. The van der Waals surface area contributed by atoms with Crippen LogP contribution in [0.4, 0.5) is 0 Å². The highest BCUT2D eigenvalue weighted by molar-refractivity contribution is 14.0. The van der Waals surface area contributed by atoms with Crippen molar-refractivity contribution in [1.82, 2.24) is 20.4 Å². The summed E-state index contributed by atoms with van der Waals surface area (Å²) in [4.78, 5) is 20.4. The highest BCUT2D eigenvalue weighted by atomic mass is 127. The summed E-state index contributed by atoms with van der Waals surface area (Å²) in [6, 6.07) is 10.7. The van der Waals surface area contributed by atoms with Crippen molar-refractivity contribution >= 4 is 35.8 Å². The highest BCUT2D eigenvalue weighted by Gasteiger charge is 2.09. The molecule has 29 heavy (non-hydrogen) atoms. The van der Waals surface area contributed by atoms with Crippen molar-refractivity contribution in [2.45, 2.75) is 46.1 Å². The molecule has 1 atom stereocenters. The first-order chi connectivity index (χ1) is 13.5. The van der Waals surface area contributed by atoms with Crippen molar-refractivity contribution in [3.63, 3.8) is 0 Å². The van der Waals surface area contributed by atoms with Crippen LogP contribution in [0.2, 0.25) is 0 Å². The minimum atomic E-state index is -0.00153. The van der Waals surface area contributed by atoms with Gasteiger partial charge >= 0.3 is 0 Å². The third kappa shape index (κ3) is 12.7. The molecule has 0 aliphatic carbocycles. The van der Waals surface area contributed by atoms with Gasteiger partial charge in [-0.1, -0.05) is 44.2 Å². The van der Waals surface area contributed by atoms with Crippen LogP contribution in [0.5, 0.6) is 0 Å². The van der Waals surface area contributed by atoms with E-state index in [4.69, 9.17) is 0 Å². The Morgan fingerprint density at radius 3 is 2.38 bits per heavy atom. The number of nitrogens with one attached hydrogen (secondary N) is 2. The van der Waals surface area contributed by atoms with E-state index in [9.17, 15) is 4.79 Å². The first-order valence-corrected chi connectivity index (χ1v) is 10.5. The lowest BCUT2D eigenvalue weighted by atomic mass is 10.1. The molecule has 0 fully saturated rings. The maximum Gasteiger partial charge on any atom is 0.243 e. The Balaban J connectivity index is 0.00000784. The van der Waals surface area contributed by atoms with E-state index in [1.807, 2.05) is 6.07 Å². The summed E-state index contributed by atoms with van der Waals surface area (Å²) in [5.41, 5.74) is 1.28. The van der Waals surface area contributed by atoms with E-state index in [1.54, 1.807) is 19.0 Å². The van der Waals surface area contributed by atoms with E-state index in [0.29, 0.717) is 12.0 Å². The SMILES string of the molecule is CCN(CC)CCCC(C)NC(=NCC(=O)N(C)C)NCCc1ccccc1.I. The van der Waals surface area contributed by atoms with Crippen molar-refractivity contribution in [3.8, 4) is 0 Å². The third-order valence-electron chi connectivity index (χ3n) is 4.81. The zero-order chi connectivity index (χ0) is 20.8. The summed E-state index contributed by atoms with van der Waals surface area (Å²) in [5.74, 6) is 0.708. The van der Waals surface area contributed by atoms with Gasteiger partial charge in [0, 0.05) is 26.7 Å². The minimum absolute atomic E-state index is 0. The smallest absolute Gasteiger partial charge is 0.243 e. The normalized spacial score (nSPS) is 12.3. The lowest BCUT2D eigenvalue weighted by molar-refractivity contribution is -0.127. The molecule has 0 bridgehead atoms. The lowest BCUT2D eigenvalue weighted by Crippen LogP contribution is -2.44. The quantitative estimate of drug-likeness (QED) is 0.254. The minimum Gasteiger partial charge on any atom is -0.356 e. The first kappa shape index (κ1) is 27.6. The Kier molecular flexibility index (Phi) is 15.7. The van der Waals surface area contributed by atoms with Crippen LogP contribution < -0.4 is 10.6 Å². The number of rotatable bonds is 12. The van der Waals surface area contributed by atoms with Gasteiger partial charge in [-0.3, -0.25) is 4.79 Å². The monoisotopic (exact) mass is 517 g/mol. The van der Waals surface area contributed by atoms with Crippen LogP contribution in [-0.2, 0) is 11.2 Å². The van der Waals surface area contributed by atoms with Crippen molar-refractivity contribution in [3.05, 3.63) is 35.9 Å². The van der Waals surface area contributed by atoms with Crippen LogP contribution in [-0.4, -0.2) is 74.5 Å². The number of carbonyl (C=O) groups is 1. The van der Waals surface area contributed by atoms with Gasteiger partial charge in [-0.15, -0.1) is 24.0 Å². The van der Waals surface area contributed by atoms with E-state index in [1.165, 1.54) is 5.56 Å². The maximum atomic E-state index is 11.9. The summed E-state index contributed by atoms with van der Waals surface area (Å²) in [5, 5.41) is 6.83. The molecule has 2 N–H and O–H groups in total. The molecule has 1 rings (SSSR count). The van der Waals surface area contributed by atoms with Crippen LogP contribution in [0.15, 0.2) is 35.3 Å². The number of aliphatic imine (C=N–C) groups is 1. The molecule has 1 aromatic rings. The molecule has 0 saturated carbocycles. The number of amides is 1. The van der Waals surface area contributed by atoms with E-state index < -0.39 is 0 Å². The summed E-state index contributed by atoms with van der Waals surface area (Å²) >= 11 is 0. The van der Waals surface area contributed by atoms with Gasteiger partial charge in [0.2, 0.25) is 5.91 Å². The van der Waals surface area contributed by atoms with E-state index in [0.717, 1.165) is 45.4 Å². The fourth-order valence-electron chi connectivity index (χ4n) is 2.88. The second-order valence-corrected chi connectivity index (χ2v) is 7.33. The topological polar surface area (TPSA) is 60.0 Å². The number of hydrogen-bond acceptors (Lipinski definition) is 3. The standard InChI is InChI=1S/C22H39N5O.HI/c1-6-27(7-2)17-11-12-19(3)25-22(24-18-21(28)26(4)5)23-16-15-20-13-9-8-10-14-20;/h8-10,13-14,19H,6-7,11-12,15-18H2,1-5H3,(H2,23,24,25);1H. The fraction of sp³-hybridized carbons (Fsp3) is 0.636. The van der Waals surface area contributed by atoms with Crippen LogP contribution >= 0.6 is 24.0 Å².